The molecule has 0 radical (unpaired) electrons. The summed E-state index contributed by atoms with van der Waals surface area (Å²) in [5, 5.41) is 5.68. The van der Waals surface area contributed by atoms with Crippen LogP contribution in [0, 0.1) is 0 Å². The molecule has 33 heavy (non-hydrogen) atoms. The van der Waals surface area contributed by atoms with E-state index in [4.69, 9.17) is 4.74 Å². The van der Waals surface area contributed by atoms with E-state index in [2.05, 4.69) is 17.6 Å². The minimum Gasteiger partial charge on any atom is -0.461 e. The Morgan fingerprint density at radius 1 is 0.848 bits per heavy atom. The second kappa shape index (κ2) is 15.6. The maximum Gasteiger partial charge on any atom is 0.306 e. The minimum atomic E-state index is -0.804. The molecule has 0 spiro atoms. The Kier molecular flexibility index (Phi) is 12.4. The van der Waals surface area contributed by atoms with Gasteiger partial charge in [-0.25, -0.2) is 0 Å². The molecule has 0 saturated carbocycles. The maximum atomic E-state index is 12.8. The molecule has 0 aliphatic carbocycles. The molecule has 6 heteroatoms. The molecule has 0 bridgehead atoms. The molecule has 178 valence electrons. The van der Waals surface area contributed by atoms with Gasteiger partial charge in [-0.3, -0.25) is 14.4 Å². The Balaban J connectivity index is 1.84. The summed E-state index contributed by atoms with van der Waals surface area (Å²) >= 11 is 0. The number of amides is 2. The van der Waals surface area contributed by atoms with Crippen molar-refractivity contribution in [3.05, 3.63) is 71.8 Å². The fourth-order valence-electron chi connectivity index (χ4n) is 3.41. The predicted octanol–water partition coefficient (Wildman–Crippen LogP) is 4.79. The molecule has 2 amide bonds. The van der Waals surface area contributed by atoms with Crippen molar-refractivity contribution in [1.82, 2.24) is 10.6 Å². The molecule has 0 saturated heterocycles. The van der Waals surface area contributed by atoms with E-state index in [1.54, 1.807) is 24.3 Å². The summed E-state index contributed by atoms with van der Waals surface area (Å²) in [5.74, 6) is -1.02. The average Bonchev–Trinajstić information content (AvgIpc) is 2.85. The first kappa shape index (κ1) is 26.1. The van der Waals surface area contributed by atoms with Gasteiger partial charge in [0, 0.05) is 18.5 Å². The summed E-state index contributed by atoms with van der Waals surface area (Å²) in [4.78, 5) is 37.6. The highest BCUT2D eigenvalue weighted by molar-refractivity contribution is 5.97. The van der Waals surface area contributed by atoms with Gasteiger partial charge < -0.3 is 15.4 Å². The lowest BCUT2D eigenvalue weighted by molar-refractivity contribution is -0.145. The van der Waals surface area contributed by atoms with Crippen molar-refractivity contribution in [2.24, 2.45) is 0 Å². The molecule has 2 N–H and O–H groups in total. The van der Waals surface area contributed by atoms with Crippen molar-refractivity contribution in [3.8, 4) is 0 Å². The van der Waals surface area contributed by atoms with Gasteiger partial charge in [-0.2, -0.15) is 0 Å². The van der Waals surface area contributed by atoms with Crippen LogP contribution in [-0.2, 0) is 20.9 Å². The van der Waals surface area contributed by atoms with Crippen molar-refractivity contribution in [2.75, 3.05) is 6.54 Å². The van der Waals surface area contributed by atoms with Crippen LogP contribution < -0.4 is 10.6 Å². The predicted molar refractivity (Wildman–Crippen MR) is 130 cm³/mol. The fourth-order valence-corrected chi connectivity index (χ4v) is 3.41. The van der Waals surface area contributed by atoms with Crippen molar-refractivity contribution in [3.63, 3.8) is 0 Å². The molecule has 0 heterocycles. The number of hydrogen-bond acceptors (Lipinski definition) is 4. The molecule has 1 atom stereocenters. The molecule has 0 aliphatic rings. The Hall–Kier alpha value is -3.15. The maximum absolute atomic E-state index is 12.8. The van der Waals surface area contributed by atoms with Crippen LogP contribution in [-0.4, -0.2) is 30.4 Å². The van der Waals surface area contributed by atoms with Gasteiger partial charge in [0.25, 0.3) is 5.91 Å². The van der Waals surface area contributed by atoms with Gasteiger partial charge in [0.15, 0.2) is 0 Å². The highest BCUT2D eigenvalue weighted by atomic mass is 16.5. The van der Waals surface area contributed by atoms with Gasteiger partial charge in [0.2, 0.25) is 5.91 Å². The number of esters is 1. The molecule has 0 aromatic heterocycles. The Bertz CT molecular complexity index is 840. The Morgan fingerprint density at radius 2 is 1.48 bits per heavy atom. The first-order valence-electron chi connectivity index (χ1n) is 11.9. The largest absolute Gasteiger partial charge is 0.461 e. The van der Waals surface area contributed by atoms with Gasteiger partial charge in [0.05, 0.1) is 0 Å². The second-order valence-corrected chi connectivity index (χ2v) is 8.14. The van der Waals surface area contributed by atoms with Crippen LogP contribution in [0.5, 0.6) is 0 Å². The van der Waals surface area contributed by atoms with E-state index in [1.807, 2.05) is 36.4 Å². The number of benzene rings is 2. The molecule has 1 unspecified atom stereocenters. The van der Waals surface area contributed by atoms with Crippen LogP contribution in [0.15, 0.2) is 60.7 Å². The smallest absolute Gasteiger partial charge is 0.306 e. The third-order valence-corrected chi connectivity index (χ3v) is 5.37. The zero-order valence-corrected chi connectivity index (χ0v) is 19.6. The van der Waals surface area contributed by atoms with Crippen LogP contribution in [0.25, 0.3) is 0 Å². The van der Waals surface area contributed by atoms with E-state index in [0.29, 0.717) is 12.1 Å². The van der Waals surface area contributed by atoms with E-state index in [9.17, 15) is 14.4 Å². The topological polar surface area (TPSA) is 84.5 Å². The number of carbonyl (C=O) groups excluding carboxylic acids is 3. The van der Waals surface area contributed by atoms with Crippen LogP contribution in [0.1, 0.15) is 74.2 Å². The summed E-state index contributed by atoms with van der Waals surface area (Å²) in [6, 6.07) is 17.4. The summed E-state index contributed by atoms with van der Waals surface area (Å²) in [5.41, 5.74) is 1.37. The number of carbonyl (C=O) groups is 3. The molecule has 0 aliphatic heterocycles. The molecule has 0 fully saturated rings. The van der Waals surface area contributed by atoms with Crippen molar-refractivity contribution < 1.29 is 19.1 Å². The SMILES string of the molecule is CCCCCCCCNC(=O)C(CCC(=O)OCc1ccccc1)NC(=O)c1ccccc1. The lowest BCUT2D eigenvalue weighted by Gasteiger charge is -2.18. The second-order valence-electron chi connectivity index (χ2n) is 8.14. The molecule has 2 rings (SSSR count). The van der Waals surface area contributed by atoms with E-state index in [-0.39, 0.29) is 31.3 Å². The lowest BCUT2D eigenvalue weighted by Crippen LogP contribution is -2.47. The van der Waals surface area contributed by atoms with Crippen LogP contribution in [0.3, 0.4) is 0 Å². The average molecular weight is 453 g/mol. The number of unbranched alkanes of at least 4 members (excludes halogenated alkanes) is 5. The zero-order chi connectivity index (χ0) is 23.7. The molecular formula is C27H36N2O4. The van der Waals surface area contributed by atoms with E-state index in [0.717, 1.165) is 24.8 Å². The minimum absolute atomic E-state index is 0.0387. The van der Waals surface area contributed by atoms with Gasteiger partial charge in [-0.05, 0) is 30.5 Å². The Labute approximate surface area is 197 Å². The third kappa shape index (κ3) is 10.8. The number of rotatable bonds is 15. The van der Waals surface area contributed by atoms with Crippen LogP contribution >= 0.6 is 0 Å². The molecule has 2 aromatic carbocycles. The van der Waals surface area contributed by atoms with Crippen molar-refractivity contribution >= 4 is 17.8 Å². The van der Waals surface area contributed by atoms with Gasteiger partial charge in [-0.15, -0.1) is 0 Å². The van der Waals surface area contributed by atoms with Gasteiger partial charge >= 0.3 is 5.97 Å². The molecular weight excluding hydrogens is 416 g/mol. The monoisotopic (exact) mass is 452 g/mol. The lowest BCUT2D eigenvalue weighted by atomic mass is 10.1. The zero-order valence-electron chi connectivity index (χ0n) is 19.6. The summed E-state index contributed by atoms with van der Waals surface area (Å²) < 4.78 is 5.31. The van der Waals surface area contributed by atoms with Gasteiger partial charge in [0.1, 0.15) is 12.6 Å². The standard InChI is InChI=1S/C27H36N2O4/c1-2-3-4-5-6-13-20-28-27(32)24(29-26(31)23-16-11-8-12-17-23)18-19-25(30)33-21-22-14-9-7-10-15-22/h7-12,14-17,24H,2-6,13,18-21H2,1H3,(H,28,32)(H,29,31). The fraction of sp³-hybridized carbons (Fsp3) is 0.444. The van der Waals surface area contributed by atoms with Gasteiger partial charge in [-0.1, -0.05) is 87.6 Å². The summed E-state index contributed by atoms with van der Waals surface area (Å²) in [6.45, 7) is 2.92. The van der Waals surface area contributed by atoms with E-state index in [1.165, 1.54) is 19.3 Å². The highest BCUT2D eigenvalue weighted by Crippen LogP contribution is 2.08. The number of hydrogen-bond donors (Lipinski definition) is 2. The molecule has 6 nitrogen and oxygen atoms in total. The highest BCUT2D eigenvalue weighted by Gasteiger charge is 2.22. The first-order valence-corrected chi connectivity index (χ1v) is 11.9. The van der Waals surface area contributed by atoms with Crippen LogP contribution in [0.2, 0.25) is 0 Å². The Morgan fingerprint density at radius 3 is 2.18 bits per heavy atom. The van der Waals surface area contributed by atoms with Crippen molar-refractivity contribution in [2.45, 2.75) is 70.9 Å². The first-order chi connectivity index (χ1) is 16.1. The number of nitrogens with one attached hydrogen (secondary N) is 2. The van der Waals surface area contributed by atoms with E-state index < -0.39 is 12.0 Å². The van der Waals surface area contributed by atoms with E-state index >= 15 is 0 Å². The normalized spacial score (nSPS) is 11.4. The summed E-state index contributed by atoms with van der Waals surface area (Å²) in [6.07, 6.45) is 6.98. The van der Waals surface area contributed by atoms with Crippen LogP contribution in [0.4, 0.5) is 0 Å². The third-order valence-electron chi connectivity index (χ3n) is 5.37. The molecule has 2 aromatic rings. The number of ether oxygens (including phenoxy) is 1. The quantitative estimate of drug-likeness (QED) is 0.301. The van der Waals surface area contributed by atoms with Crippen molar-refractivity contribution in [1.29, 1.82) is 0 Å². The summed E-state index contributed by atoms with van der Waals surface area (Å²) in [7, 11) is 0.